The van der Waals surface area contributed by atoms with Gasteiger partial charge in [-0.15, -0.1) is 0 Å². The first-order chi connectivity index (χ1) is 12.9. The minimum atomic E-state index is -0.338. The van der Waals surface area contributed by atoms with Crippen LogP contribution in [0, 0.1) is 20.8 Å². The van der Waals surface area contributed by atoms with Gasteiger partial charge in [-0.25, -0.2) is 9.97 Å². The highest BCUT2D eigenvalue weighted by atomic mass is 35.5. The number of nitrogens with zero attached hydrogens (tertiary/aromatic N) is 3. The first-order valence-corrected chi connectivity index (χ1v) is 8.88. The topological polar surface area (TPSA) is 79.8 Å². The summed E-state index contributed by atoms with van der Waals surface area (Å²) < 4.78 is 0. The molecule has 0 spiro atoms. The van der Waals surface area contributed by atoms with Crippen LogP contribution in [-0.2, 0) is 6.54 Å². The Hall–Kier alpha value is -2.99. The lowest BCUT2D eigenvalue weighted by atomic mass is 10.1. The van der Waals surface area contributed by atoms with Gasteiger partial charge in [0.05, 0.1) is 22.9 Å². The van der Waals surface area contributed by atoms with Gasteiger partial charge in [0.25, 0.3) is 5.91 Å². The smallest absolute Gasteiger partial charge is 0.274 e. The SMILES string of the molecule is Cc1cc(C)c(NC(=O)c2cc(NCc3ccccn3)nc(C)n2)c(Cl)c1. The number of halogens is 1. The number of anilines is 2. The molecule has 27 heavy (non-hydrogen) atoms. The first kappa shape index (κ1) is 18.8. The zero-order valence-electron chi connectivity index (χ0n) is 15.4. The van der Waals surface area contributed by atoms with Crippen LogP contribution >= 0.6 is 11.6 Å². The summed E-state index contributed by atoms with van der Waals surface area (Å²) in [6, 6.07) is 11.1. The molecule has 2 heterocycles. The van der Waals surface area contributed by atoms with Crippen LogP contribution in [0.5, 0.6) is 0 Å². The standard InChI is InChI=1S/C20H20ClN5O/c1-12-8-13(2)19(16(21)9-12)26-20(27)17-10-18(25-14(3)24-17)23-11-15-6-4-5-7-22-15/h4-10H,11H2,1-3H3,(H,26,27)(H,23,24,25). The van der Waals surface area contributed by atoms with Crippen LogP contribution in [0.3, 0.4) is 0 Å². The molecule has 0 bridgehead atoms. The normalized spacial score (nSPS) is 10.5. The molecule has 0 aliphatic heterocycles. The van der Waals surface area contributed by atoms with E-state index < -0.39 is 0 Å². The molecular formula is C20H20ClN5O. The Morgan fingerprint density at radius 2 is 1.93 bits per heavy atom. The van der Waals surface area contributed by atoms with Crippen molar-refractivity contribution < 1.29 is 4.79 Å². The van der Waals surface area contributed by atoms with Crippen molar-refractivity contribution in [3.8, 4) is 0 Å². The van der Waals surface area contributed by atoms with Gasteiger partial charge in [-0.3, -0.25) is 9.78 Å². The van der Waals surface area contributed by atoms with Gasteiger partial charge >= 0.3 is 0 Å². The monoisotopic (exact) mass is 381 g/mol. The van der Waals surface area contributed by atoms with Crippen LogP contribution in [-0.4, -0.2) is 20.9 Å². The zero-order valence-corrected chi connectivity index (χ0v) is 16.1. The quantitative estimate of drug-likeness (QED) is 0.688. The molecule has 3 aromatic rings. The molecule has 0 aliphatic carbocycles. The zero-order chi connectivity index (χ0) is 19.4. The van der Waals surface area contributed by atoms with Crippen molar-refractivity contribution in [3.63, 3.8) is 0 Å². The molecule has 6 nitrogen and oxygen atoms in total. The van der Waals surface area contributed by atoms with E-state index in [1.54, 1.807) is 19.2 Å². The number of nitrogens with one attached hydrogen (secondary N) is 2. The van der Waals surface area contributed by atoms with E-state index in [-0.39, 0.29) is 11.6 Å². The maximum Gasteiger partial charge on any atom is 0.274 e. The Morgan fingerprint density at radius 3 is 2.63 bits per heavy atom. The van der Waals surface area contributed by atoms with E-state index in [1.807, 2.05) is 44.2 Å². The number of amides is 1. The molecule has 2 N–H and O–H groups in total. The lowest BCUT2D eigenvalue weighted by Crippen LogP contribution is -2.17. The number of aryl methyl sites for hydroxylation is 3. The number of hydrogen-bond donors (Lipinski definition) is 2. The van der Waals surface area contributed by atoms with Crippen LogP contribution in [0.1, 0.15) is 33.1 Å². The minimum Gasteiger partial charge on any atom is -0.364 e. The van der Waals surface area contributed by atoms with E-state index >= 15 is 0 Å². The predicted octanol–water partition coefficient (Wildman–Crippen LogP) is 4.31. The second-order valence-electron chi connectivity index (χ2n) is 6.25. The second-order valence-corrected chi connectivity index (χ2v) is 6.66. The van der Waals surface area contributed by atoms with Gasteiger partial charge in [-0.2, -0.15) is 0 Å². The Labute approximate surface area is 163 Å². The molecule has 0 radical (unpaired) electrons. The predicted molar refractivity (Wildman–Crippen MR) is 107 cm³/mol. The highest BCUT2D eigenvalue weighted by Crippen LogP contribution is 2.27. The van der Waals surface area contributed by atoms with E-state index in [2.05, 4.69) is 25.6 Å². The number of carbonyl (C=O) groups is 1. The summed E-state index contributed by atoms with van der Waals surface area (Å²) in [6.07, 6.45) is 1.73. The third-order valence-electron chi connectivity index (χ3n) is 3.92. The van der Waals surface area contributed by atoms with Crippen molar-refractivity contribution in [2.45, 2.75) is 27.3 Å². The van der Waals surface area contributed by atoms with Crippen molar-refractivity contribution in [2.75, 3.05) is 10.6 Å². The van der Waals surface area contributed by atoms with Crippen molar-refractivity contribution in [3.05, 3.63) is 76.0 Å². The van der Waals surface area contributed by atoms with Crippen molar-refractivity contribution in [1.82, 2.24) is 15.0 Å². The summed E-state index contributed by atoms with van der Waals surface area (Å²) >= 11 is 6.28. The molecule has 7 heteroatoms. The molecule has 0 saturated heterocycles. The second kappa shape index (κ2) is 8.14. The number of carbonyl (C=O) groups excluding carboxylic acids is 1. The van der Waals surface area contributed by atoms with Gasteiger partial charge in [0, 0.05) is 12.3 Å². The number of hydrogen-bond acceptors (Lipinski definition) is 5. The fraction of sp³-hybridized carbons (Fsp3) is 0.200. The third kappa shape index (κ3) is 4.80. The summed E-state index contributed by atoms with van der Waals surface area (Å²) in [7, 11) is 0. The minimum absolute atomic E-state index is 0.266. The van der Waals surface area contributed by atoms with Crippen molar-refractivity contribution >= 4 is 29.0 Å². The fourth-order valence-corrected chi connectivity index (χ4v) is 3.08. The Balaban J connectivity index is 1.78. The molecule has 0 aliphatic rings. The maximum absolute atomic E-state index is 12.7. The molecule has 0 fully saturated rings. The summed E-state index contributed by atoms with van der Waals surface area (Å²) in [5.41, 5.74) is 3.66. The molecule has 2 aromatic heterocycles. The molecule has 0 atom stereocenters. The van der Waals surface area contributed by atoms with Crippen LogP contribution < -0.4 is 10.6 Å². The van der Waals surface area contributed by atoms with E-state index in [1.165, 1.54) is 0 Å². The Kier molecular flexibility index (Phi) is 5.66. The number of rotatable bonds is 5. The summed E-state index contributed by atoms with van der Waals surface area (Å²) in [4.78, 5) is 25.5. The largest absolute Gasteiger partial charge is 0.364 e. The van der Waals surface area contributed by atoms with Crippen LogP contribution in [0.4, 0.5) is 11.5 Å². The molecule has 138 valence electrons. The summed E-state index contributed by atoms with van der Waals surface area (Å²) in [5, 5.41) is 6.52. The summed E-state index contributed by atoms with van der Waals surface area (Å²) in [5.74, 6) is 0.721. The van der Waals surface area contributed by atoms with Gasteiger partial charge in [0.15, 0.2) is 0 Å². The van der Waals surface area contributed by atoms with Gasteiger partial charge in [0.1, 0.15) is 17.3 Å². The molecule has 1 amide bonds. The highest BCUT2D eigenvalue weighted by molar-refractivity contribution is 6.34. The molecule has 3 rings (SSSR count). The van der Waals surface area contributed by atoms with Crippen LogP contribution in [0.15, 0.2) is 42.6 Å². The fourth-order valence-electron chi connectivity index (χ4n) is 2.71. The van der Waals surface area contributed by atoms with E-state index in [0.29, 0.717) is 28.9 Å². The third-order valence-corrected chi connectivity index (χ3v) is 4.22. The Bertz CT molecular complexity index is 952. The number of aromatic nitrogens is 3. The molecule has 0 saturated carbocycles. The number of benzene rings is 1. The van der Waals surface area contributed by atoms with Gasteiger partial charge in [-0.1, -0.05) is 23.7 Å². The average molecular weight is 382 g/mol. The van der Waals surface area contributed by atoms with Crippen LogP contribution in [0.25, 0.3) is 0 Å². The van der Waals surface area contributed by atoms with Gasteiger partial charge < -0.3 is 10.6 Å². The van der Waals surface area contributed by atoms with E-state index in [4.69, 9.17) is 11.6 Å². The molecule has 1 aromatic carbocycles. The first-order valence-electron chi connectivity index (χ1n) is 8.50. The van der Waals surface area contributed by atoms with Gasteiger partial charge in [0.2, 0.25) is 0 Å². The lowest BCUT2D eigenvalue weighted by molar-refractivity contribution is 0.102. The number of pyridine rings is 1. The van der Waals surface area contributed by atoms with Crippen molar-refractivity contribution in [1.29, 1.82) is 0 Å². The van der Waals surface area contributed by atoms with Crippen LogP contribution in [0.2, 0.25) is 5.02 Å². The van der Waals surface area contributed by atoms with E-state index in [0.717, 1.165) is 16.8 Å². The van der Waals surface area contributed by atoms with Gasteiger partial charge in [-0.05, 0) is 50.1 Å². The van der Waals surface area contributed by atoms with E-state index in [9.17, 15) is 4.79 Å². The van der Waals surface area contributed by atoms with Crippen molar-refractivity contribution in [2.24, 2.45) is 0 Å². The lowest BCUT2D eigenvalue weighted by Gasteiger charge is -2.12. The maximum atomic E-state index is 12.7. The summed E-state index contributed by atoms with van der Waals surface area (Å²) in [6.45, 7) is 6.10. The highest BCUT2D eigenvalue weighted by Gasteiger charge is 2.14. The molecule has 0 unspecified atom stereocenters. The average Bonchev–Trinajstić information content (AvgIpc) is 2.63. The Morgan fingerprint density at radius 1 is 1.11 bits per heavy atom. The molecular weight excluding hydrogens is 362 g/mol.